The summed E-state index contributed by atoms with van der Waals surface area (Å²) in [5, 5.41) is 9.09. The second-order valence-electron chi connectivity index (χ2n) is 7.00. The SMILES string of the molecule is Cc1cc(C(=O)O)nc(C)c1C1=CCN(C(=O)OC(C)(C)C)CC1. The van der Waals surface area contributed by atoms with Gasteiger partial charge in [0.15, 0.2) is 0 Å². The maximum Gasteiger partial charge on any atom is 0.410 e. The number of aromatic nitrogens is 1. The molecule has 0 spiro atoms. The predicted molar refractivity (Wildman–Crippen MR) is 91.1 cm³/mol. The molecule has 0 unspecified atom stereocenters. The summed E-state index contributed by atoms with van der Waals surface area (Å²) in [6.45, 7) is 10.3. The molecule has 0 aliphatic carbocycles. The number of hydrogen-bond acceptors (Lipinski definition) is 4. The van der Waals surface area contributed by atoms with Crippen molar-refractivity contribution in [2.45, 2.75) is 46.6 Å². The lowest BCUT2D eigenvalue weighted by Gasteiger charge is -2.30. The third kappa shape index (κ3) is 4.13. The van der Waals surface area contributed by atoms with E-state index >= 15 is 0 Å². The van der Waals surface area contributed by atoms with Gasteiger partial charge in [0.2, 0.25) is 0 Å². The van der Waals surface area contributed by atoms with E-state index in [9.17, 15) is 9.59 Å². The van der Waals surface area contributed by atoms with Gasteiger partial charge >= 0.3 is 12.1 Å². The number of aryl methyl sites for hydroxylation is 2. The van der Waals surface area contributed by atoms with Crippen LogP contribution < -0.4 is 0 Å². The van der Waals surface area contributed by atoms with Crippen LogP contribution in [-0.4, -0.2) is 45.7 Å². The number of ether oxygens (including phenoxy) is 1. The van der Waals surface area contributed by atoms with Gasteiger partial charge in [-0.05, 0) is 58.2 Å². The number of pyridine rings is 1. The summed E-state index contributed by atoms with van der Waals surface area (Å²) in [7, 11) is 0. The first kappa shape index (κ1) is 18.0. The molecule has 1 N–H and O–H groups in total. The van der Waals surface area contributed by atoms with Crippen molar-refractivity contribution in [3.05, 3.63) is 34.7 Å². The van der Waals surface area contributed by atoms with Gasteiger partial charge in [0.1, 0.15) is 11.3 Å². The molecule has 0 aromatic carbocycles. The summed E-state index contributed by atoms with van der Waals surface area (Å²) in [6.07, 6.45) is 2.37. The van der Waals surface area contributed by atoms with Crippen molar-refractivity contribution in [1.82, 2.24) is 9.88 Å². The molecule has 6 heteroatoms. The van der Waals surface area contributed by atoms with Crippen LogP contribution in [0.2, 0.25) is 0 Å². The van der Waals surface area contributed by atoms with Gasteiger partial charge in [-0.1, -0.05) is 6.08 Å². The summed E-state index contributed by atoms with van der Waals surface area (Å²) >= 11 is 0. The van der Waals surface area contributed by atoms with Crippen molar-refractivity contribution in [2.75, 3.05) is 13.1 Å². The number of rotatable bonds is 2. The van der Waals surface area contributed by atoms with Crippen molar-refractivity contribution in [3.63, 3.8) is 0 Å². The average molecular weight is 332 g/mol. The lowest BCUT2D eigenvalue weighted by atomic mass is 9.94. The zero-order valence-electron chi connectivity index (χ0n) is 14.8. The lowest BCUT2D eigenvalue weighted by molar-refractivity contribution is 0.0270. The maximum atomic E-state index is 12.1. The fourth-order valence-electron chi connectivity index (χ4n) is 2.82. The number of carboxylic acids is 1. The highest BCUT2D eigenvalue weighted by Crippen LogP contribution is 2.28. The van der Waals surface area contributed by atoms with Crippen molar-refractivity contribution >= 4 is 17.6 Å². The van der Waals surface area contributed by atoms with Crippen LogP contribution in [0.5, 0.6) is 0 Å². The summed E-state index contributed by atoms with van der Waals surface area (Å²) in [5.74, 6) is -1.03. The summed E-state index contributed by atoms with van der Waals surface area (Å²) < 4.78 is 5.39. The minimum Gasteiger partial charge on any atom is -0.477 e. The van der Waals surface area contributed by atoms with Gasteiger partial charge in [-0.15, -0.1) is 0 Å². The Morgan fingerprint density at radius 2 is 1.96 bits per heavy atom. The topological polar surface area (TPSA) is 79.7 Å². The van der Waals surface area contributed by atoms with E-state index in [1.807, 2.05) is 40.7 Å². The van der Waals surface area contributed by atoms with E-state index in [1.54, 1.807) is 11.0 Å². The number of carbonyl (C=O) groups is 2. The number of amides is 1. The van der Waals surface area contributed by atoms with Gasteiger partial charge in [0, 0.05) is 24.3 Å². The second kappa shape index (κ2) is 6.63. The average Bonchev–Trinajstić information content (AvgIpc) is 2.45. The molecular formula is C18H24N2O4. The monoisotopic (exact) mass is 332 g/mol. The number of aromatic carboxylic acids is 1. The van der Waals surface area contributed by atoms with E-state index in [2.05, 4.69) is 4.98 Å². The van der Waals surface area contributed by atoms with Crippen molar-refractivity contribution in [1.29, 1.82) is 0 Å². The van der Waals surface area contributed by atoms with Crippen LogP contribution in [0.3, 0.4) is 0 Å². The molecular weight excluding hydrogens is 308 g/mol. The predicted octanol–water partition coefficient (Wildman–Crippen LogP) is 3.42. The van der Waals surface area contributed by atoms with E-state index < -0.39 is 11.6 Å². The Balaban J connectivity index is 2.19. The van der Waals surface area contributed by atoms with Gasteiger partial charge in [-0.3, -0.25) is 0 Å². The Hall–Kier alpha value is -2.37. The molecule has 0 fully saturated rings. The minimum atomic E-state index is -1.03. The van der Waals surface area contributed by atoms with Gasteiger partial charge in [-0.25, -0.2) is 14.6 Å². The molecule has 1 aliphatic rings. The van der Waals surface area contributed by atoms with Crippen LogP contribution >= 0.6 is 0 Å². The maximum absolute atomic E-state index is 12.1. The normalized spacial score (nSPS) is 15.0. The third-order valence-corrected chi connectivity index (χ3v) is 3.80. The van der Waals surface area contributed by atoms with Crippen LogP contribution in [0.25, 0.3) is 5.57 Å². The molecule has 0 radical (unpaired) electrons. The number of carboxylic acid groups (broad SMARTS) is 1. The molecule has 1 aromatic heterocycles. The zero-order chi connectivity index (χ0) is 18.1. The number of carbonyl (C=O) groups excluding carboxylic acids is 1. The number of hydrogen-bond donors (Lipinski definition) is 1. The highest BCUT2D eigenvalue weighted by atomic mass is 16.6. The Kier molecular flexibility index (Phi) is 4.96. The molecule has 1 aliphatic heterocycles. The fourth-order valence-corrected chi connectivity index (χ4v) is 2.82. The standard InChI is InChI=1S/C18H24N2O4/c1-11-10-14(16(21)22)19-12(2)15(11)13-6-8-20(9-7-13)17(23)24-18(3,4)5/h6,10H,7-9H2,1-5H3,(H,21,22). The fraction of sp³-hybridized carbons (Fsp3) is 0.500. The smallest absolute Gasteiger partial charge is 0.410 e. The minimum absolute atomic E-state index is 0.0561. The third-order valence-electron chi connectivity index (χ3n) is 3.80. The Labute approximate surface area is 142 Å². The van der Waals surface area contributed by atoms with Gasteiger partial charge < -0.3 is 14.7 Å². The second-order valence-corrected chi connectivity index (χ2v) is 7.00. The van der Waals surface area contributed by atoms with Gasteiger partial charge in [-0.2, -0.15) is 0 Å². The number of nitrogens with zero attached hydrogens (tertiary/aromatic N) is 2. The van der Waals surface area contributed by atoms with Crippen LogP contribution in [0, 0.1) is 13.8 Å². The molecule has 2 rings (SSSR count). The van der Waals surface area contributed by atoms with Crippen LogP contribution in [0.4, 0.5) is 4.79 Å². The molecule has 0 saturated carbocycles. The molecule has 2 heterocycles. The van der Waals surface area contributed by atoms with E-state index in [1.165, 1.54) is 0 Å². The molecule has 1 amide bonds. The molecule has 0 saturated heterocycles. The van der Waals surface area contributed by atoms with Crippen molar-refractivity contribution < 1.29 is 19.4 Å². The van der Waals surface area contributed by atoms with Crippen molar-refractivity contribution in [2.24, 2.45) is 0 Å². The summed E-state index contributed by atoms with van der Waals surface area (Å²) in [4.78, 5) is 29.0. The molecule has 24 heavy (non-hydrogen) atoms. The van der Waals surface area contributed by atoms with Crippen LogP contribution in [-0.2, 0) is 4.74 Å². The zero-order valence-corrected chi connectivity index (χ0v) is 14.8. The summed E-state index contributed by atoms with van der Waals surface area (Å²) in [6, 6.07) is 1.59. The highest BCUT2D eigenvalue weighted by Gasteiger charge is 2.25. The first-order chi connectivity index (χ1) is 11.1. The Bertz CT molecular complexity index is 678. The van der Waals surface area contributed by atoms with Crippen LogP contribution in [0.1, 0.15) is 54.5 Å². The van der Waals surface area contributed by atoms with E-state index in [-0.39, 0.29) is 11.8 Å². The van der Waals surface area contributed by atoms with Gasteiger partial charge in [0.25, 0.3) is 0 Å². The first-order valence-electron chi connectivity index (χ1n) is 7.97. The molecule has 0 atom stereocenters. The highest BCUT2D eigenvalue weighted by molar-refractivity contribution is 5.86. The first-order valence-corrected chi connectivity index (χ1v) is 7.97. The molecule has 130 valence electrons. The Morgan fingerprint density at radius 3 is 2.42 bits per heavy atom. The molecule has 1 aromatic rings. The van der Waals surface area contributed by atoms with E-state index in [0.717, 1.165) is 16.7 Å². The largest absolute Gasteiger partial charge is 0.477 e. The van der Waals surface area contributed by atoms with E-state index in [4.69, 9.17) is 9.84 Å². The quantitative estimate of drug-likeness (QED) is 0.897. The van der Waals surface area contributed by atoms with E-state index in [0.29, 0.717) is 25.2 Å². The van der Waals surface area contributed by atoms with Gasteiger partial charge in [0.05, 0.1) is 0 Å². The molecule has 6 nitrogen and oxygen atoms in total. The Morgan fingerprint density at radius 1 is 1.29 bits per heavy atom. The van der Waals surface area contributed by atoms with Crippen LogP contribution in [0.15, 0.2) is 12.1 Å². The lowest BCUT2D eigenvalue weighted by Crippen LogP contribution is -2.39. The molecule has 0 bridgehead atoms. The van der Waals surface area contributed by atoms with Crippen molar-refractivity contribution in [3.8, 4) is 0 Å². The summed E-state index contributed by atoms with van der Waals surface area (Å²) in [5.41, 5.74) is 3.20.